The van der Waals surface area contributed by atoms with Crippen LogP contribution in [0.2, 0.25) is 0 Å². The second-order valence-electron chi connectivity index (χ2n) is 6.23. The van der Waals surface area contributed by atoms with Gasteiger partial charge < -0.3 is 10.5 Å². The van der Waals surface area contributed by atoms with Gasteiger partial charge in [0.15, 0.2) is 6.10 Å². The summed E-state index contributed by atoms with van der Waals surface area (Å²) in [5.41, 5.74) is 5.81. The number of nitrogens with two attached hydrogens (primary N) is 1. The maximum atomic E-state index is 12.7. The molecule has 0 saturated heterocycles. The topological polar surface area (TPSA) is 98.5 Å². The van der Waals surface area contributed by atoms with E-state index < -0.39 is 29.9 Å². The number of benzene rings is 1. The summed E-state index contributed by atoms with van der Waals surface area (Å²) in [5, 5.41) is 1.97. The van der Waals surface area contributed by atoms with Crippen LogP contribution in [-0.2, 0) is 14.3 Å². The summed E-state index contributed by atoms with van der Waals surface area (Å²) >= 11 is 0. The number of esters is 1. The number of hydrogen-bond acceptors (Lipinski definition) is 4. The third-order valence-corrected chi connectivity index (χ3v) is 3.98. The molecule has 1 aromatic rings. The highest BCUT2D eigenvalue weighted by atomic mass is 16.5. The Labute approximate surface area is 142 Å². The number of rotatable bonds is 7. The number of hydrogen-bond donors (Lipinski definition) is 2. The number of amides is 3. The zero-order valence-electron chi connectivity index (χ0n) is 14.6. The van der Waals surface area contributed by atoms with E-state index in [0.717, 1.165) is 12.0 Å². The minimum Gasteiger partial charge on any atom is -0.451 e. The van der Waals surface area contributed by atoms with E-state index in [9.17, 15) is 14.4 Å². The predicted molar refractivity (Wildman–Crippen MR) is 91.1 cm³/mol. The van der Waals surface area contributed by atoms with Gasteiger partial charge >= 0.3 is 12.0 Å². The van der Waals surface area contributed by atoms with Gasteiger partial charge in [-0.05, 0) is 17.4 Å². The van der Waals surface area contributed by atoms with E-state index in [1.54, 1.807) is 13.8 Å². The van der Waals surface area contributed by atoms with E-state index >= 15 is 0 Å². The summed E-state index contributed by atoms with van der Waals surface area (Å²) < 4.78 is 5.46. The van der Waals surface area contributed by atoms with E-state index in [4.69, 9.17) is 10.5 Å². The predicted octanol–water partition coefficient (Wildman–Crippen LogP) is 2.58. The molecule has 24 heavy (non-hydrogen) atoms. The highest BCUT2D eigenvalue weighted by molar-refractivity contribution is 5.97. The fraction of sp³-hybridized carbons (Fsp3) is 0.500. The average molecular weight is 334 g/mol. The van der Waals surface area contributed by atoms with Crippen molar-refractivity contribution in [3.8, 4) is 0 Å². The molecule has 1 aromatic carbocycles. The monoisotopic (exact) mass is 334 g/mol. The van der Waals surface area contributed by atoms with Crippen LogP contribution in [0, 0.1) is 11.8 Å². The minimum atomic E-state index is -1.07. The van der Waals surface area contributed by atoms with Gasteiger partial charge in [0.2, 0.25) is 0 Å². The van der Waals surface area contributed by atoms with E-state index in [-0.39, 0.29) is 11.8 Å². The second kappa shape index (κ2) is 9.05. The van der Waals surface area contributed by atoms with Crippen LogP contribution in [0.15, 0.2) is 30.3 Å². The zero-order valence-corrected chi connectivity index (χ0v) is 14.6. The number of imide groups is 1. The van der Waals surface area contributed by atoms with Crippen molar-refractivity contribution in [1.29, 1.82) is 0 Å². The van der Waals surface area contributed by atoms with Crippen LogP contribution in [-0.4, -0.2) is 24.0 Å². The Kier molecular flexibility index (Phi) is 7.42. The molecule has 0 spiro atoms. The molecule has 0 bridgehead atoms. The molecule has 132 valence electrons. The Morgan fingerprint density at radius 3 is 2.17 bits per heavy atom. The molecular weight excluding hydrogens is 308 g/mol. The Balaban J connectivity index is 3.01. The fourth-order valence-corrected chi connectivity index (χ4v) is 2.48. The van der Waals surface area contributed by atoms with Crippen molar-refractivity contribution in [2.45, 2.75) is 46.1 Å². The van der Waals surface area contributed by atoms with Crippen molar-refractivity contribution in [3.05, 3.63) is 35.9 Å². The SMILES string of the molecule is CC[C@@H](C)[C@H](C(=O)O[C@H](C(=O)NC(N)=O)C(C)C)c1ccccc1. The molecule has 0 fully saturated rings. The lowest BCUT2D eigenvalue weighted by Gasteiger charge is -2.26. The molecule has 6 heteroatoms. The van der Waals surface area contributed by atoms with Crippen LogP contribution in [0.4, 0.5) is 4.79 Å². The van der Waals surface area contributed by atoms with Crippen molar-refractivity contribution in [2.24, 2.45) is 17.6 Å². The summed E-state index contributed by atoms with van der Waals surface area (Å²) in [4.78, 5) is 35.7. The van der Waals surface area contributed by atoms with Crippen LogP contribution in [0.5, 0.6) is 0 Å². The molecule has 0 aromatic heterocycles. The molecule has 3 N–H and O–H groups in total. The standard InChI is InChI=1S/C18H26N2O4/c1-5-12(4)14(13-9-7-6-8-10-13)17(22)24-15(11(2)3)16(21)20-18(19)23/h6-12,14-15H,5H2,1-4H3,(H3,19,20,21,23)/t12-,14+,15+/m1/s1. The lowest BCUT2D eigenvalue weighted by molar-refractivity contribution is -0.160. The van der Waals surface area contributed by atoms with Crippen molar-refractivity contribution in [3.63, 3.8) is 0 Å². The first-order valence-electron chi connectivity index (χ1n) is 8.13. The summed E-state index contributed by atoms with van der Waals surface area (Å²) in [6.45, 7) is 7.43. The van der Waals surface area contributed by atoms with Gasteiger partial charge in [-0.15, -0.1) is 0 Å². The van der Waals surface area contributed by atoms with Gasteiger partial charge in [0, 0.05) is 0 Å². The molecular formula is C18H26N2O4. The van der Waals surface area contributed by atoms with E-state index in [1.165, 1.54) is 0 Å². The van der Waals surface area contributed by atoms with Gasteiger partial charge in [-0.1, -0.05) is 64.4 Å². The van der Waals surface area contributed by atoms with Crippen LogP contribution < -0.4 is 11.1 Å². The molecule has 0 aliphatic carbocycles. The largest absolute Gasteiger partial charge is 0.451 e. The number of carbonyl (C=O) groups is 3. The van der Waals surface area contributed by atoms with Gasteiger partial charge in [-0.3, -0.25) is 14.9 Å². The Morgan fingerprint density at radius 2 is 1.71 bits per heavy atom. The number of urea groups is 1. The summed E-state index contributed by atoms with van der Waals surface area (Å²) in [7, 11) is 0. The zero-order chi connectivity index (χ0) is 18.3. The molecule has 0 unspecified atom stereocenters. The first-order chi connectivity index (χ1) is 11.3. The van der Waals surface area contributed by atoms with E-state index in [2.05, 4.69) is 0 Å². The molecule has 3 atom stereocenters. The summed E-state index contributed by atoms with van der Waals surface area (Å²) in [6, 6.07) is 8.36. The molecule has 0 aliphatic rings. The number of carbonyl (C=O) groups excluding carboxylic acids is 3. The third-order valence-electron chi connectivity index (χ3n) is 3.98. The first kappa shape index (κ1) is 19.7. The Morgan fingerprint density at radius 1 is 1.12 bits per heavy atom. The smallest absolute Gasteiger partial charge is 0.318 e. The van der Waals surface area contributed by atoms with Crippen LogP contribution >= 0.6 is 0 Å². The van der Waals surface area contributed by atoms with E-state index in [1.807, 2.05) is 49.5 Å². The fourth-order valence-electron chi connectivity index (χ4n) is 2.48. The molecule has 0 saturated carbocycles. The lowest BCUT2D eigenvalue weighted by Crippen LogP contribution is -2.46. The summed E-state index contributed by atoms with van der Waals surface area (Å²) in [5.74, 6) is -1.90. The summed E-state index contributed by atoms with van der Waals surface area (Å²) in [6.07, 6.45) is -0.283. The van der Waals surface area contributed by atoms with Gasteiger partial charge in [-0.25, -0.2) is 4.79 Å². The van der Waals surface area contributed by atoms with Crippen LogP contribution in [0.25, 0.3) is 0 Å². The quantitative estimate of drug-likeness (QED) is 0.749. The molecule has 1 rings (SSSR count). The highest BCUT2D eigenvalue weighted by Crippen LogP contribution is 2.29. The maximum absolute atomic E-state index is 12.7. The van der Waals surface area contributed by atoms with Crippen molar-refractivity contribution < 1.29 is 19.1 Å². The number of ether oxygens (including phenoxy) is 1. The molecule has 0 radical (unpaired) electrons. The molecule has 0 heterocycles. The third kappa shape index (κ3) is 5.37. The van der Waals surface area contributed by atoms with Crippen LogP contribution in [0.1, 0.15) is 45.6 Å². The van der Waals surface area contributed by atoms with Gasteiger partial charge in [0.1, 0.15) is 0 Å². The van der Waals surface area contributed by atoms with E-state index in [0.29, 0.717) is 0 Å². The Hall–Kier alpha value is -2.37. The molecule has 0 aliphatic heterocycles. The van der Waals surface area contributed by atoms with Crippen LogP contribution in [0.3, 0.4) is 0 Å². The number of primary amides is 1. The van der Waals surface area contributed by atoms with Crippen molar-refractivity contribution in [2.75, 3.05) is 0 Å². The molecule has 3 amide bonds. The van der Waals surface area contributed by atoms with Crippen molar-refractivity contribution >= 4 is 17.9 Å². The Bertz CT molecular complexity index is 572. The van der Waals surface area contributed by atoms with Gasteiger partial charge in [0.05, 0.1) is 5.92 Å². The average Bonchev–Trinajstić information content (AvgIpc) is 2.52. The number of nitrogens with one attached hydrogen (secondary N) is 1. The van der Waals surface area contributed by atoms with Crippen molar-refractivity contribution in [1.82, 2.24) is 5.32 Å². The highest BCUT2D eigenvalue weighted by Gasteiger charge is 2.33. The minimum absolute atomic E-state index is 0.0481. The van der Waals surface area contributed by atoms with Gasteiger partial charge in [0.25, 0.3) is 5.91 Å². The second-order valence-corrected chi connectivity index (χ2v) is 6.23. The first-order valence-corrected chi connectivity index (χ1v) is 8.13. The normalized spacial score (nSPS) is 14.5. The van der Waals surface area contributed by atoms with Gasteiger partial charge in [-0.2, -0.15) is 0 Å². The maximum Gasteiger partial charge on any atom is 0.318 e. The molecule has 6 nitrogen and oxygen atoms in total. The lowest BCUT2D eigenvalue weighted by atomic mass is 9.85.